The van der Waals surface area contributed by atoms with Crippen molar-refractivity contribution >= 4 is 19.8 Å². The molecule has 0 aromatic rings. The number of carbonyl (C=O) groups is 2. The Morgan fingerprint density at radius 3 is 1.23 bits per heavy atom. The molecule has 0 saturated heterocycles. The number of ether oxygens (including phenoxy) is 2. The minimum Gasteiger partial charge on any atom is -0.462 e. The molecule has 0 aliphatic rings. The smallest absolute Gasteiger partial charge is 0.462 e. The van der Waals surface area contributed by atoms with Crippen molar-refractivity contribution < 1.29 is 42.1 Å². The predicted octanol–water partition coefficient (Wildman–Crippen LogP) is 14.9. The molecule has 2 atom stereocenters. The Kier molecular flexibility index (Phi) is 42.1. The van der Waals surface area contributed by atoms with Gasteiger partial charge in [0.2, 0.25) is 0 Å². The van der Waals surface area contributed by atoms with E-state index in [9.17, 15) is 19.0 Å². The first kappa shape index (κ1) is 58.8. The molecule has 0 fully saturated rings. The molecule has 9 nitrogen and oxygen atoms in total. The van der Waals surface area contributed by atoms with E-state index in [0.717, 1.165) is 51.4 Å². The Bertz CT molecular complexity index is 1030. The molecular weight excluding hydrogens is 774 g/mol. The number of phosphoric acid groups is 1. The zero-order valence-corrected chi connectivity index (χ0v) is 41.1. The van der Waals surface area contributed by atoms with Crippen LogP contribution in [0.1, 0.15) is 245 Å². The van der Waals surface area contributed by atoms with E-state index in [1.807, 2.05) is 21.1 Å². The van der Waals surface area contributed by atoms with Gasteiger partial charge in [0.1, 0.15) is 19.8 Å². The number of carbonyl (C=O) groups excluding carboxylic acids is 2. The summed E-state index contributed by atoms with van der Waals surface area (Å²) in [4.78, 5) is 35.5. The normalized spacial score (nSPS) is 13.5. The van der Waals surface area contributed by atoms with Gasteiger partial charge in [0.25, 0.3) is 0 Å². The highest BCUT2D eigenvalue weighted by atomic mass is 31.2. The number of esters is 2. The van der Waals surface area contributed by atoms with E-state index < -0.39 is 26.5 Å². The van der Waals surface area contributed by atoms with Gasteiger partial charge in [-0.05, 0) is 38.5 Å². The topological polar surface area (TPSA) is 108 Å². The largest absolute Gasteiger partial charge is 0.472 e. The summed E-state index contributed by atoms with van der Waals surface area (Å²) in [5, 5.41) is 0. The summed E-state index contributed by atoms with van der Waals surface area (Å²) < 4.78 is 34.4. The number of unbranched alkanes of at least 4 members (excludes halogenated alkanes) is 31. The second kappa shape index (κ2) is 43.0. The van der Waals surface area contributed by atoms with E-state index in [2.05, 4.69) is 26.0 Å². The number of hydrogen-bond acceptors (Lipinski definition) is 7. The zero-order valence-electron chi connectivity index (χ0n) is 40.2. The fourth-order valence-electron chi connectivity index (χ4n) is 7.31. The Labute approximate surface area is 371 Å². The molecule has 1 N–H and O–H groups in total. The lowest BCUT2D eigenvalue weighted by Crippen LogP contribution is -2.37. The van der Waals surface area contributed by atoms with Gasteiger partial charge >= 0.3 is 19.8 Å². The highest BCUT2D eigenvalue weighted by Gasteiger charge is 2.27. The summed E-state index contributed by atoms with van der Waals surface area (Å²) in [7, 11) is 1.48. The third-order valence-electron chi connectivity index (χ3n) is 11.3. The van der Waals surface area contributed by atoms with Gasteiger partial charge in [-0.1, -0.05) is 206 Å². The van der Waals surface area contributed by atoms with Crippen LogP contribution in [0.5, 0.6) is 0 Å². The standard InChI is InChI=1S/C50H98NO8P/c1-6-8-10-12-14-16-18-20-22-23-24-25-26-27-29-30-32-34-36-38-40-42-49(52)56-46-48(47-58-60(54,55)57-45-44-51(3,4)5)59-50(53)43-41-39-37-35-33-31-28-21-19-17-15-13-11-9-7-2/h21,28,48H,6-20,22-27,29-47H2,1-5H3/p+1/b28-21+/t48-/m0/s1. The van der Waals surface area contributed by atoms with Crippen LogP contribution < -0.4 is 0 Å². The van der Waals surface area contributed by atoms with Crippen molar-refractivity contribution in [2.75, 3.05) is 47.5 Å². The second-order valence-electron chi connectivity index (χ2n) is 18.6. The Hall–Kier alpha value is -1.25. The van der Waals surface area contributed by atoms with Gasteiger partial charge in [-0.15, -0.1) is 0 Å². The van der Waals surface area contributed by atoms with Crippen molar-refractivity contribution in [2.45, 2.75) is 251 Å². The highest BCUT2D eigenvalue weighted by Crippen LogP contribution is 2.43. The van der Waals surface area contributed by atoms with Crippen LogP contribution in [0.2, 0.25) is 0 Å². The number of likely N-dealkylation sites (N-methyl/N-ethyl adjacent to an activating group) is 1. The molecule has 60 heavy (non-hydrogen) atoms. The average molecular weight is 873 g/mol. The molecular formula is C50H99NO8P+. The van der Waals surface area contributed by atoms with Crippen LogP contribution in [-0.4, -0.2) is 74.9 Å². The molecule has 0 radical (unpaired) electrons. The molecule has 0 amide bonds. The van der Waals surface area contributed by atoms with Crippen molar-refractivity contribution in [3.63, 3.8) is 0 Å². The number of phosphoric ester groups is 1. The van der Waals surface area contributed by atoms with Gasteiger partial charge in [0.15, 0.2) is 6.10 Å². The molecule has 0 rings (SSSR count). The summed E-state index contributed by atoms with van der Waals surface area (Å²) in [6, 6.07) is 0. The third kappa shape index (κ3) is 46.3. The van der Waals surface area contributed by atoms with Crippen molar-refractivity contribution in [1.29, 1.82) is 0 Å². The van der Waals surface area contributed by atoms with E-state index in [0.29, 0.717) is 23.9 Å². The van der Waals surface area contributed by atoms with Gasteiger partial charge in [-0.3, -0.25) is 18.6 Å². The van der Waals surface area contributed by atoms with Crippen LogP contribution in [0, 0.1) is 0 Å². The number of nitrogens with zero attached hydrogens (tertiary/aromatic N) is 1. The molecule has 0 aromatic heterocycles. The van der Waals surface area contributed by atoms with Crippen LogP contribution in [0.4, 0.5) is 0 Å². The second-order valence-corrected chi connectivity index (χ2v) is 20.0. The average Bonchev–Trinajstić information content (AvgIpc) is 3.20. The number of hydrogen-bond donors (Lipinski definition) is 1. The van der Waals surface area contributed by atoms with E-state index in [1.54, 1.807) is 0 Å². The molecule has 1 unspecified atom stereocenters. The maximum absolute atomic E-state index is 12.7. The minimum absolute atomic E-state index is 0.0334. The van der Waals surface area contributed by atoms with E-state index in [-0.39, 0.29) is 25.6 Å². The summed E-state index contributed by atoms with van der Waals surface area (Å²) in [5.41, 5.74) is 0. The number of allylic oxidation sites excluding steroid dienone is 2. The molecule has 0 aromatic carbocycles. The van der Waals surface area contributed by atoms with E-state index in [1.165, 1.54) is 161 Å². The van der Waals surface area contributed by atoms with Gasteiger partial charge < -0.3 is 18.9 Å². The van der Waals surface area contributed by atoms with Crippen molar-refractivity contribution in [2.24, 2.45) is 0 Å². The first-order valence-electron chi connectivity index (χ1n) is 25.4. The minimum atomic E-state index is -4.38. The van der Waals surface area contributed by atoms with Crippen LogP contribution in [-0.2, 0) is 32.7 Å². The predicted molar refractivity (Wildman–Crippen MR) is 252 cm³/mol. The first-order valence-corrected chi connectivity index (χ1v) is 26.9. The number of quaternary nitrogens is 1. The summed E-state index contributed by atoms with van der Waals surface area (Å²) in [5.74, 6) is -0.794. The van der Waals surface area contributed by atoms with E-state index >= 15 is 0 Å². The van der Waals surface area contributed by atoms with Gasteiger partial charge in [0, 0.05) is 12.8 Å². The van der Waals surface area contributed by atoms with Crippen molar-refractivity contribution in [3.05, 3.63) is 12.2 Å². The van der Waals surface area contributed by atoms with Crippen LogP contribution in [0.3, 0.4) is 0 Å². The molecule has 0 bridgehead atoms. The maximum Gasteiger partial charge on any atom is 0.472 e. The van der Waals surface area contributed by atoms with E-state index in [4.69, 9.17) is 18.5 Å². The number of rotatable bonds is 47. The molecule has 0 aliphatic heterocycles. The quantitative estimate of drug-likeness (QED) is 0.0212. The Balaban J connectivity index is 4.20. The van der Waals surface area contributed by atoms with Crippen LogP contribution in [0.25, 0.3) is 0 Å². The molecule has 356 valence electrons. The Morgan fingerprint density at radius 2 is 0.850 bits per heavy atom. The first-order chi connectivity index (χ1) is 29.0. The molecule has 0 saturated carbocycles. The SMILES string of the molecule is CCCCCCCC/C=C/CCCCCCCC(=O)O[C@@H](COC(=O)CCCCCCCCCCCCCCCCCCCCCCC)COP(=O)(O)OCC[N+](C)(C)C. The molecule has 0 aliphatic carbocycles. The lowest BCUT2D eigenvalue weighted by molar-refractivity contribution is -0.870. The molecule has 10 heteroatoms. The lowest BCUT2D eigenvalue weighted by atomic mass is 10.0. The fourth-order valence-corrected chi connectivity index (χ4v) is 8.05. The summed E-state index contributed by atoms with van der Waals surface area (Å²) in [6.07, 6.45) is 46.9. The zero-order chi connectivity index (χ0) is 44.3. The van der Waals surface area contributed by atoms with Crippen molar-refractivity contribution in [1.82, 2.24) is 0 Å². The van der Waals surface area contributed by atoms with Gasteiger partial charge in [0.05, 0.1) is 27.7 Å². The molecule has 0 spiro atoms. The highest BCUT2D eigenvalue weighted by molar-refractivity contribution is 7.47. The fraction of sp³-hybridized carbons (Fsp3) is 0.920. The third-order valence-corrected chi connectivity index (χ3v) is 12.3. The van der Waals surface area contributed by atoms with Crippen molar-refractivity contribution in [3.8, 4) is 0 Å². The summed E-state index contributed by atoms with van der Waals surface area (Å²) in [6.45, 7) is 4.45. The van der Waals surface area contributed by atoms with Crippen LogP contribution in [0.15, 0.2) is 12.2 Å². The summed E-state index contributed by atoms with van der Waals surface area (Å²) >= 11 is 0. The lowest BCUT2D eigenvalue weighted by Gasteiger charge is -2.24. The Morgan fingerprint density at radius 1 is 0.500 bits per heavy atom. The maximum atomic E-state index is 12.7. The molecule has 0 heterocycles. The monoisotopic (exact) mass is 873 g/mol. The van der Waals surface area contributed by atoms with Gasteiger partial charge in [-0.2, -0.15) is 0 Å². The van der Waals surface area contributed by atoms with Gasteiger partial charge in [-0.25, -0.2) is 4.57 Å². The van der Waals surface area contributed by atoms with Crippen LogP contribution >= 0.6 is 7.82 Å².